The lowest BCUT2D eigenvalue weighted by Gasteiger charge is -2.24. The highest BCUT2D eigenvalue weighted by atomic mass is 16.6. The molecule has 0 bridgehead atoms. The van der Waals surface area contributed by atoms with Crippen LogP contribution in [0, 0.1) is 0 Å². The van der Waals surface area contributed by atoms with Crippen molar-refractivity contribution in [3.05, 3.63) is 36.0 Å². The van der Waals surface area contributed by atoms with Crippen LogP contribution >= 0.6 is 0 Å². The predicted molar refractivity (Wildman–Crippen MR) is 82.0 cm³/mol. The monoisotopic (exact) mass is 264 g/mol. The first-order chi connectivity index (χ1) is 8.79. The zero-order valence-electron chi connectivity index (χ0n) is 13.1. The van der Waals surface area contributed by atoms with E-state index in [9.17, 15) is 4.79 Å². The lowest BCUT2D eigenvalue weighted by Crippen LogP contribution is -2.27. The maximum absolute atomic E-state index is 11.0. The van der Waals surface area contributed by atoms with Gasteiger partial charge in [-0.3, -0.25) is 4.79 Å². The second kappa shape index (κ2) is 8.73. The predicted octanol–water partition coefficient (Wildman–Crippen LogP) is 4.97. The molecule has 0 aromatic heterocycles. The van der Waals surface area contributed by atoms with E-state index >= 15 is 0 Å². The molecule has 2 heteroatoms. The molecule has 19 heavy (non-hydrogen) atoms. The van der Waals surface area contributed by atoms with E-state index in [1.54, 1.807) is 6.08 Å². The van der Waals surface area contributed by atoms with E-state index in [0.717, 1.165) is 25.7 Å². The summed E-state index contributed by atoms with van der Waals surface area (Å²) < 4.78 is 5.29. The van der Waals surface area contributed by atoms with Gasteiger partial charge in [0.25, 0.3) is 0 Å². The van der Waals surface area contributed by atoms with Crippen LogP contribution in [0.5, 0.6) is 0 Å². The molecule has 2 nitrogen and oxygen atoms in total. The van der Waals surface area contributed by atoms with Crippen molar-refractivity contribution in [3.63, 3.8) is 0 Å². The molecule has 108 valence electrons. The normalized spacial score (nSPS) is 14.5. The number of carbonyl (C=O) groups is 1. The molecule has 0 saturated heterocycles. The number of allylic oxidation sites excluding steroid dienone is 4. The van der Waals surface area contributed by atoms with Crippen LogP contribution in [0.2, 0.25) is 0 Å². The SMILES string of the molecule is C=CC(C)(CC/C=C(/C)CCC=C(C)C)OC(C)=O. The molecular weight excluding hydrogens is 236 g/mol. The smallest absolute Gasteiger partial charge is 0.303 e. The molecule has 0 amide bonds. The summed E-state index contributed by atoms with van der Waals surface area (Å²) in [6.45, 7) is 13.5. The van der Waals surface area contributed by atoms with Crippen molar-refractivity contribution in [1.82, 2.24) is 0 Å². The molecule has 0 aromatic rings. The highest BCUT2D eigenvalue weighted by Gasteiger charge is 2.22. The molecule has 0 radical (unpaired) electrons. The van der Waals surface area contributed by atoms with E-state index in [2.05, 4.69) is 39.5 Å². The third kappa shape index (κ3) is 9.29. The fourth-order valence-corrected chi connectivity index (χ4v) is 1.82. The zero-order valence-corrected chi connectivity index (χ0v) is 13.1. The highest BCUT2D eigenvalue weighted by Crippen LogP contribution is 2.20. The first kappa shape index (κ1) is 17.7. The van der Waals surface area contributed by atoms with Crippen molar-refractivity contribution in [2.45, 2.75) is 65.9 Å². The molecule has 0 spiro atoms. The Hall–Kier alpha value is -1.31. The maximum atomic E-state index is 11.0. The quantitative estimate of drug-likeness (QED) is 0.457. The molecule has 0 aliphatic carbocycles. The minimum atomic E-state index is -0.553. The van der Waals surface area contributed by atoms with Crippen molar-refractivity contribution in [2.75, 3.05) is 0 Å². The molecular formula is C17H28O2. The van der Waals surface area contributed by atoms with E-state index in [1.165, 1.54) is 18.1 Å². The van der Waals surface area contributed by atoms with Crippen molar-refractivity contribution in [2.24, 2.45) is 0 Å². The van der Waals surface area contributed by atoms with Gasteiger partial charge in [-0.15, -0.1) is 0 Å². The fraction of sp³-hybridized carbons (Fsp3) is 0.588. The van der Waals surface area contributed by atoms with Crippen LogP contribution in [0.25, 0.3) is 0 Å². The van der Waals surface area contributed by atoms with E-state index in [4.69, 9.17) is 4.74 Å². The first-order valence-corrected chi connectivity index (χ1v) is 6.91. The summed E-state index contributed by atoms with van der Waals surface area (Å²) in [6, 6.07) is 0. The third-order valence-electron chi connectivity index (χ3n) is 3.03. The van der Waals surface area contributed by atoms with Crippen LogP contribution in [0.4, 0.5) is 0 Å². The van der Waals surface area contributed by atoms with Gasteiger partial charge in [0.15, 0.2) is 0 Å². The van der Waals surface area contributed by atoms with Crippen molar-refractivity contribution in [1.29, 1.82) is 0 Å². The minimum Gasteiger partial charge on any atom is -0.455 e. The summed E-state index contributed by atoms with van der Waals surface area (Å²) in [4.78, 5) is 11.0. The van der Waals surface area contributed by atoms with Crippen molar-refractivity contribution < 1.29 is 9.53 Å². The second-order valence-corrected chi connectivity index (χ2v) is 5.52. The third-order valence-corrected chi connectivity index (χ3v) is 3.03. The summed E-state index contributed by atoms with van der Waals surface area (Å²) in [5, 5.41) is 0. The minimum absolute atomic E-state index is 0.258. The van der Waals surface area contributed by atoms with Gasteiger partial charge in [0.1, 0.15) is 5.60 Å². The Morgan fingerprint density at radius 2 is 1.79 bits per heavy atom. The molecule has 0 fully saturated rings. The lowest BCUT2D eigenvalue weighted by atomic mass is 9.98. The Kier molecular flexibility index (Phi) is 8.13. The number of rotatable bonds is 8. The molecule has 0 aliphatic heterocycles. The average molecular weight is 264 g/mol. The summed E-state index contributed by atoms with van der Waals surface area (Å²) in [5.41, 5.74) is 2.19. The van der Waals surface area contributed by atoms with Gasteiger partial charge < -0.3 is 4.74 Å². The largest absolute Gasteiger partial charge is 0.455 e. The number of hydrogen-bond acceptors (Lipinski definition) is 2. The molecule has 1 unspecified atom stereocenters. The summed E-state index contributed by atoms with van der Waals surface area (Å²) in [7, 11) is 0. The van der Waals surface area contributed by atoms with Gasteiger partial charge in [-0.1, -0.05) is 29.9 Å². The van der Waals surface area contributed by atoms with Gasteiger partial charge in [0, 0.05) is 6.92 Å². The van der Waals surface area contributed by atoms with E-state index in [0.29, 0.717) is 0 Å². The second-order valence-electron chi connectivity index (χ2n) is 5.52. The van der Waals surface area contributed by atoms with Gasteiger partial charge >= 0.3 is 5.97 Å². The molecule has 0 aliphatic rings. The number of ether oxygens (including phenoxy) is 1. The summed E-state index contributed by atoms with van der Waals surface area (Å²) >= 11 is 0. The van der Waals surface area contributed by atoms with Crippen LogP contribution in [0.3, 0.4) is 0 Å². The number of hydrogen-bond donors (Lipinski definition) is 0. The average Bonchev–Trinajstić information content (AvgIpc) is 2.27. The van der Waals surface area contributed by atoms with E-state index in [1.807, 2.05) is 6.92 Å². The van der Waals surface area contributed by atoms with E-state index < -0.39 is 5.60 Å². The molecule has 0 rings (SSSR count). The number of carbonyl (C=O) groups excluding carboxylic acids is 1. The Morgan fingerprint density at radius 1 is 1.16 bits per heavy atom. The van der Waals surface area contributed by atoms with Gasteiger partial charge in [-0.2, -0.15) is 0 Å². The van der Waals surface area contributed by atoms with Gasteiger partial charge in [-0.25, -0.2) is 0 Å². The van der Waals surface area contributed by atoms with Crippen LogP contribution in [-0.2, 0) is 9.53 Å². The summed E-state index contributed by atoms with van der Waals surface area (Å²) in [5.74, 6) is -0.258. The molecule has 0 heterocycles. The van der Waals surface area contributed by atoms with Crippen molar-refractivity contribution >= 4 is 5.97 Å². The van der Waals surface area contributed by atoms with Gasteiger partial charge in [-0.05, 0) is 59.5 Å². The molecule has 0 N–H and O–H groups in total. The summed E-state index contributed by atoms with van der Waals surface area (Å²) in [6.07, 6.45) is 10.0. The fourth-order valence-electron chi connectivity index (χ4n) is 1.82. The van der Waals surface area contributed by atoms with Crippen LogP contribution in [-0.4, -0.2) is 11.6 Å². The van der Waals surface area contributed by atoms with E-state index in [-0.39, 0.29) is 5.97 Å². The Balaban J connectivity index is 4.20. The topological polar surface area (TPSA) is 26.3 Å². The zero-order chi connectivity index (χ0) is 14.9. The van der Waals surface area contributed by atoms with Gasteiger partial charge in [0.05, 0.1) is 0 Å². The first-order valence-electron chi connectivity index (χ1n) is 6.91. The Labute approximate surface area is 118 Å². The van der Waals surface area contributed by atoms with Crippen molar-refractivity contribution in [3.8, 4) is 0 Å². The van der Waals surface area contributed by atoms with Crippen LogP contribution < -0.4 is 0 Å². The highest BCUT2D eigenvalue weighted by molar-refractivity contribution is 5.66. The maximum Gasteiger partial charge on any atom is 0.303 e. The van der Waals surface area contributed by atoms with Crippen LogP contribution in [0.1, 0.15) is 60.3 Å². The molecule has 0 aromatic carbocycles. The lowest BCUT2D eigenvalue weighted by molar-refractivity contribution is -0.151. The number of esters is 1. The Bertz CT molecular complexity index is 359. The van der Waals surface area contributed by atoms with Crippen LogP contribution in [0.15, 0.2) is 36.0 Å². The standard InChI is InChI=1S/C17H28O2/c1-7-17(6,19-16(5)18)13-9-12-15(4)11-8-10-14(2)3/h7,10,12H,1,8-9,11,13H2,2-6H3/b15-12-. The van der Waals surface area contributed by atoms with Gasteiger partial charge in [0.2, 0.25) is 0 Å². The molecule has 0 saturated carbocycles. The Morgan fingerprint density at radius 3 is 2.26 bits per heavy atom. The molecule has 1 atom stereocenters.